The van der Waals surface area contributed by atoms with Gasteiger partial charge in [-0.2, -0.15) is 4.98 Å². The number of rotatable bonds is 5. The van der Waals surface area contributed by atoms with Gasteiger partial charge in [0.05, 0.1) is 6.54 Å². The zero-order valence-electron chi connectivity index (χ0n) is 14.3. The number of hydrogen-bond acceptors (Lipinski definition) is 5. The summed E-state index contributed by atoms with van der Waals surface area (Å²) in [6.45, 7) is 3.83. The second kappa shape index (κ2) is 7.53. The van der Waals surface area contributed by atoms with Gasteiger partial charge in [-0.15, -0.1) is 0 Å². The molecule has 2 N–H and O–H groups in total. The number of nitrogens with one attached hydrogen (secondary N) is 2. The van der Waals surface area contributed by atoms with Crippen molar-refractivity contribution in [3.8, 4) is 11.5 Å². The van der Waals surface area contributed by atoms with Crippen molar-refractivity contribution in [2.24, 2.45) is 0 Å². The lowest BCUT2D eigenvalue weighted by molar-refractivity contribution is 0.0948. The van der Waals surface area contributed by atoms with Crippen LogP contribution in [0.1, 0.15) is 34.4 Å². The Morgan fingerprint density at radius 2 is 2.04 bits per heavy atom. The molecule has 8 heteroatoms. The summed E-state index contributed by atoms with van der Waals surface area (Å²) >= 11 is 5.85. The number of carbonyl (C=O) groups is 1. The molecule has 3 rings (SSSR count). The van der Waals surface area contributed by atoms with Crippen LogP contribution in [0.15, 0.2) is 39.6 Å². The maximum Gasteiger partial charge on any atom is 0.261 e. The van der Waals surface area contributed by atoms with Crippen LogP contribution in [0.5, 0.6) is 0 Å². The van der Waals surface area contributed by atoms with Gasteiger partial charge in [-0.1, -0.05) is 23.7 Å². The third-order valence-electron chi connectivity index (χ3n) is 3.91. The maximum atomic E-state index is 12.3. The fraction of sp³-hybridized carbons (Fsp3) is 0.222. The van der Waals surface area contributed by atoms with Crippen LogP contribution in [0.25, 0.3) is 11.5 Å². The number of nitrogens with zero attached hydrogens (tertiary/aromatic N) is 2. The largest absolute Gasteiger partial charge is 0.344 e. The molecule has 7 nitrogen and oxygen atoms in total. The molecule has 0 radical (unpaired) electrons. The normalized spacial score (nSPS) is 10.7. The molecule has 2 heterocycles. The first kappa shape index (κ1) is 17.9. The molecule has 1 amide bonds. The molecule has 0 atom stereocenters. The van der Waals surface area contributed by atoms with Gasteiger partial charge in [0, 0.05) is 16.3 Å². The molecule has 0 spiro atoms. The number of amides is 1. The van der Waals surface area contributed by atoms with Crippen molar-refractivity contribution >= 4 is 17.5 Å². The summed E-state index contributed by atoms with van der Waals surface area (Å²) in [5.41, 5.74) is 2.04. The minimum atomic E-state index is -0.491. The highest BCUT2D eigenvalue weighted by Crippen LogP contribution is 2.19. The predicted molar refractivity (Wildman–Crippen MR) is 97.1 cm³/mol. The molecule has 0 saturated heterocycles. The molecule has 0 fully saturated rings. The van der Waals surface area contributed by atoms with Crippen molar-refractivity contribution in [1.82, 2.24) is 20.4 Å². The molecule has 0 aliphatic carbocycles. The van der Waals surface area contributed by atoms with Crippen molar-refractivity contribution in [2.45, 2.75) is 26.8 Å². The zero-order valence-corrected chi connectivity index (χ0v) is 15.1. The highest BCUT2D eigenvalue weighted by atomic mass is 35.5. The average molecular weight is 373 g/mol. The number of benzene rings is 1. The second-order valence-corrected chi connectivity index (χ2v) is 6.17. The minimum absolute atomic E-state index is 0.0456. The first-order valence-electron chi connectivity index (χ1n) is 8.07. The van der Waals surface area contributed by atoms with Crippen molar-refractivity contribution in [3.63, 3.8) is 0 Å². The van der Waals surface area contributed by atoms with Crippen LogP contribution in [0.2, 0.25) is 5.02 Å². The summed E-state index contributed by atoms with van der Waals surface area (Å²) in [7, 11) is 0. The van der Waals surface area contributed by atoms with Gasteiger partial charge in [-0.05, 0) is 49.2 Å². The van der Waals surface area contributed by atoms with E-state index in [0.29, 0.717) is 23.2 Å². The Bertz CT molecular complexity index is 992. The summed E-state index contributed by atoms with van der Waals surface area (Å²) < 4.78 is 5.18. The Balaban J connectivity index is 1.70. The lowest BCUT2D eigenvalue weighted by Gasteiger charge is -2.06. The molecular formula is C18H17ClN4O3. The molecule has 134 valence electrons. The van der Waals surface area contributed by atoms with E-state index < -0.39 is 11.5 Å². The number of H-pyrrole nitrogens is 1. The lowest BCUT2D eigenvalue weighted by atomic mass is 10.1. The summed E-state index contributed by atoms with van der Waals surface area (Å²) in [5, 5.41) is 7.06. The van der Waals surface area contributed by atoms with Crippen molar-refractivity contribution in [3.05, 3.63) is 68.4 Å². The van der Waals surface area contributed by atoms with Crippen LogP contribution < -0.4 is 10.9 Å². The number of halogens is 1. The summed E-state index contributed by atoms with van der Waals surface area (Å²) in [6.07, 6.45) is 0.694. The smallest absolute Gasteiger partial charge is 0.261 e. The molecule has 2 aromatic heterocycles. The SMILES string of the molecule is CCc1[nH]c(=O)c(C(=O)NCc2noc(-c3ccc(Cl)cc3)n2)cc1C. The molecule has 0 unspecified atom stereocenters. The van der Waals surface area contributed by atoms with Gasteiger partial charge in [0.1, 0.15) is 5.56 Å². The Hall–Kier alpha value is -2.93. The maximum absolute atomic E-state index is 12.3. The fourth-order valence-corrected chi connectivity index (χ4v) is 2.62. The molecule has 0 aliphatic rings. The Kier molecular flexibility index (Phi) is 5.18. The van der Waals surface area contributed by atoms with E-state index >= 15 is 0 Å². The fourth-order valence-electron chi connectivity index (χ4n) is 2.50. The van der Waals surface area contributed by atoms with Gasteiger partial charge in [-0.25, -0.2) is 0 Å². The summed E-state index contributed by atoms with van der Waals surface area (Å²) in [4.78, 5) is 31.3. The summed E-state index contributed by atoms with van der Waals surface area (Å²) in [6, 6.07) is 8.54. The van der Waals surface area contributed by atoms with Crippen LogP contribution in [0, 0.1) is 6.92 Å². The van der Waals surface area contributed by atoms with Crippen LogP contribution >= 0.6 is 11.6 Å². The highest BCUT2D eigenvalue weighted by Gasteiger charge is 2.14. The van der Waals surface area contributed by atoms with Crippen LogP contribution in [0.4, 0.5) is 0 Å². The highest BCUT2D eigenvalue weighted by molar-refractivity contribution is 6.30. The Labute approximate surface area is 154 Å². The van der Waals surface area contributed by atoms with E-state index in [1.165, 1.54) is 0 Å². The first-order chi connectivity index (χ1) is 12.5. The quantitative estimate of drug-likeness (QED) is 0.717. The van der Waals surface area contributed by atoms with Gasteiger partial charge >= 0.3 is 0 Å². The molecule has 26 heavy (non-hydrogen) atoms. The second-order valence-electron chi connectivity index (χ2n) is 5.73. The van der Waals surface area contributed by atoms with E-state index in [0.717, 1.165) is 16.8 Å². The van der Waals surface area contributed by atoms with E-state index in [9.17, 15) is 9.59 Å². The van der Waals surface area contributed by atoms with E-state index in [1.54, 1.807) is 30.3 Å². The first-order valence-corrected chi connectivity index (χ1v) is 8.45. The minimum Gasteiger partial charge on any atom is -0.344 e. The van der Waals surface area contributed by atoms with Gasteiger partial charge in [0.15, 0.2) is 5.82 Å². The van der Waals surface area contributed by atoms with Gasteiger partial charge in [0.25, 0.3) is 17.4 Å². The van der Waals surface area contributed by atoms with Gasteiger partial charge in [0.2, 0.25) is 0 Å². The Morgan fingerprint density at radius 1 is 1.31 bits per heavy atom. The van der Waals surface area contributed by atoms with Crippen molar-refractivity contribution in [2.75, 3.05) is 0 Å². The number of pyridine rings is 1. The number of hydrogen-bond donors (Lipinski definition) is 2. The van der Waals surface area contributed by atoms with Gasteiger partial charge in [-0.3, -0.25) is 9.59 Å². The molecule has 0 aliphatic heterocycles. The third-order valence-corrected chi connectivity index (χ3v) is 4.16. The van der Waals surface area contributed by atoms with Crippen LogP contribution in [0.3, 0.4) is 0 Å². The number of aromatic nitrogens is 3. The monoisotopic (exact) mass is 372 g/mol. The number of aryl methyl sites for hydroxylation is 2. The third kappa shape index (κ3) is 3.83. The molecule has 0 saturated carbocycles. The van der Waals surface area contributed by atoms with E-state index in [-0.39, 0.29) is 12.1 Å². The topological polar surface area (TPSA) is 101 Å². The molecule has 3 aromatic rings. The number of aromatic amines is 1. The zero-order chi connectivity index (χ0) is 18.7. The summed E-state index contributed by atoms with van der Waals surface area (Å²) in [5.74, 6) is 0.142. The van der Waals surface area contributed by atoms with Gasteiger partial charge < -0.3 is 14.8 Å². The van der Waals surface area contributed by atoms with Crippen LogP contribution in [-0.4, -0.2) is 21.0 Å². The average Bonchev–Trinajstić information content (AvgIpc) is 3.11. The predicted octanol–water partition coefficient (Wildman–Crippen LogP) is 2.88. The van der Waals surface area contributed by atoms with Crippen molar-refractivity contribution < 1.29 is 9.32 Å². The van der Waals surface area contributed by atoms with Crippen LogP contribution in [-0.2, 0) is 13.0 Å². The molecule has 0 bridgehead atoms. The number of carbonyl (C=O) groups excluding carboxylic acids is 1. The molecule has 1 aromatic carbocycles. The van der Waals surface area contributed by atoms with E-state index in [2.05, 4.69) is 20.4 Å². The van der Waals surface area contributed by atoms with E-state index in [1.807, 2.05) is 13.8 Å². The molecular weight excluding hydrogens is 356 g/mol. The Morgan fingerprint density at radius 3 is 2.73 bits per heavy atom. The lowest BCUT2D eigenvalue weighted by Crippen LogP contribution is -2.30. The standard InChI is InChI=1S/C18H17ClN4O3/c1-3-14-10(2)8-13(17(25)21-14)16(24)20-9-15-22-18(26-23-15)11-4-6-12(19)7-5-11/h4-8H,3,9H2,1-2H3,(H,20,24)(H,21,25). The van der Waals surface area contributed by atoms with E-state index in [4.69, 9.17) is 16.1 Å². The van der Waals surface area contributed by atoms with Crippen molar-refractivity contribution in [1.29, 1.82) is 0 Å².